The van der Waals surface area contributed by atoms with Crippen molar-refractivity contribution in [2.24, 2.45) is 0 Å². The summed E-state index contributed by atoms with van der Waals surface area (Å²) in [6.45, 7) is 11.4. The van der Waals surface area contributed by atoms with Crippen molar-refractivity contribution in [1.29, 1.82) is 0 Å². The molecule has 0 atom stereocenters. The maximum atomic E-state index is 11.9. The largest absolute Gasteiger partial charge is 0.444 e. The Balaban J connectivity index is 2.71. The first kappa shape index (κ1) is 21.5. The summed E-state index contributed by atoms with van der Waals surface area (Å²) in [6, 6.07) is 9.63. The molecular weight excluding hydrogens is 332 g/mol. The van der Waals surface area contributed by atoms with Gasteiger partial charge in [0.2, 0.25) is 0 Å². The van der Waals surface area contributed by atoms with E-state index in [9.17, 15) is 9.59 Å². The number of rotatable bonds is 5. The number of carbonyl (C=O) groups is 2. The molecule has 1 aromatic rings. The molecule has 0 bridgehead atoms. The molecule has 0 aromatic heterocycles. The molecule has 0 aliphatic carbocycles. The van der Waals surface area contributed by atoms with E-state index in [0.29, 0.717) is 0 Å². The highest BCUT2D eigenvalue weighted by Crippen LogP contribution is 2.14. The van der Waals surface area contributed by atoms with Crippen LogP contribution in [0.1, 0.15) is 47.1 Å². The number of nitrogens with one attached hydrogen (secondary N) is 2. The molecule has 0 aliphatic heterocycles. The third-order valence-corrected chi connectivity index (χ3v) is 2.96. The molecule has 2 N–H and O–H groups in total. The van der Waals surface area contributed by atoms with Crippen LogP contribution in [-0.4, -0.2) is 36.5 Å². The molecule has 0 spiro atoms. The van der Waals surface area contributed by atoms with Crippen LogP contribution in [0.2, 0.25) is 0 Å². The molecule has 26 heavy (non-hydrogen) atoms. The average molecular weight is 362 g/mol. The molecule has 2 amide bonds. The molecule has 0 aliphatic rings. The van der Waals surface area contributed by atoms with Gasteiger partial charge in [-0.15, -0.1) is 0 Å². The monoisotopic (exact) mass is 362 g/mol. The minimum atomic E-state index is -0.557. The highest BCUT2D eigenvalue weighted by atomic mass is 16.6. The lowest BCUT2D eigenvalue weighted by atomic mass is 10.1. The summed E-state index contributed by atoms with van der Waals surface area (Å²) in [6.07, 6.45) is 0.872. The Labute approximate surface area is 156 Å². The number of hydrogen-bond acceptors (Lipinski definition) is 4. The molecule has 6 heteroatoms. The van der Waals surface area contributed by atoms with E-state index in [1.807, 2.05) is 78.0 Å². The van der Waals surface area contributed by atoms with Crippen LogP contribution in [0.4, 0.5) is 9.59 Å². The standard InChI is InChI=1S/C20H30N2O4/c1-19(2,3)25-17(23)21-13-12-16(15-10-8-7-9-11-15)14-22-18(24)26-20(4,5)6/h7-12H,13-14H2,1-6H3,(H,21,23)(H,22,24)/b16-12+. The topological polar surface area (TPSA) is 76.7 Å². The minimum absolute atomic E-state index is 0.287. The Morgan fingerprint density at radius 1 is 0.885 bits per heavy atom. The Hall–Kier alpha value is -2.50. The van der Waals surface area contributed by atoms with Gasteiger partial charge in [0.05, 0.1) is 0 Å². The van der Waals surface area contributed by atoms with Crippen LogP contribution < -0.4 is 10.6 Å². The third kappa shape index (κ3) is 9.71. The first-order valence-corrected chi connectivity index (χ1v) is 8.64. The van der Waals surface area contributed by atoms with Gasteiger partial charge in [-0.1, -0.05) is 36.4 Å². The third-order valence-electron chi connectivity index (χ3n) is 2.96. The zero-order valence-corrected chi connectivity index (χ0v) is 16.5. The first-order chi connectivity index (χ1) is 12.0. The number of carbonyl (C=O) groups excluding carboxylic acids is 2. The highest BCUT2D eigenvalue weighted by molar-refractivity contribution is 5.74. The van der Waals surface area contributed by atoms with Crippen molar-refractivity contribution in [3.63, 3.8) is 0 Å². The SMILES string of the molecule is CC(C)(C)OC(=O)NC/C=C(\CNC(=O)OC(C)(C)C)c1ccccc1. The molecular formula is C20H30N2O4. The van der Waals surface area contributed by atoms with Gasteiger partial charge in [-0.05, 0) is 52.7 Å². The summed E-state index contributed by atoms with van der Waals surface area (Å²) in [5.74, 6) is 0. The van der Waals surface area contributed by atoms with E-state index >= 15 is 0 Å². The minimum Gasteiger partial charge on any atom is -0.444 e. The summed E-state index contributed by atoms with van der Waals surface area (Å²) < 4.78 is 10.5. The zero-order valence-electron chi connectivity index (χ0n) is 16.5. The summed E-state index contributed by atoms with van der Waals surface area (Å²) in [7, 11) is 0. The maximum absolute atomic E-state index is 11.9. The molecule has 0 unspecified atom stereocenters. The predicted octanol–water partition coefficient (Wildman–Crippen LogP) is 4.12. The van der Waals surface area contributed by atoms with E-state index in [4.69, 9.17) is 9.47 Å². The molecule has 0 fully saturated rings. The fourth-order valence-corrected chi connectivity index (χ4v) is 2.00. The second kappa shape index (κ2) is 9.27. The van der Waals surface area contributed by atoms with Gasteiger partial charge in [0.1, 0.15) is 11.2 Å². The summed E-state index contributed by atoms with van der Waals surface area (Å²) in [4.78, 5) is 23.6. The highest BCUT2D eigenvalue weighted by Gasteiger charge is 2.17. The van der Waals surface area contributed by atoms with Crippen LogP contribution in [-0.2, 0) is 9.47 Å². The van der Waals surface area contributed by atoms with E-state index in [2.05, 4.69) is 10.6 Å². The second-order valence-electron chi connectivity index (χ2n) is 7.83. The van der Waals surface area contributed by atoms with Crippen molar-refractivity contribution in [1.82, 2.24) is 10.6 Å². The van der Waals surface area contributed by atoms with E-state index in [1.165, 1.54) is 0 Å². The second-order valence-corrected chi connectivity index (χ2v) is 7.83. The quantitative estimate of drug-likeness (QED) is 0.826. The lowest BCUT2D eigenvalue weighted by Crippen LogP contribution is -2.34. The van der Waals surface area contributed by atoms with E-state index < -0.39 is 23.4 Å². The van der Waals surface area contributed by atoms with Crippen molar-refractivity contribution in [2.75, 3.05) is 13.1 Å². The number of hydrogen-bond donors (Lipinski definition) is 2. The number of amides is 2. The molecule has 0 radical (unpaired) electrons. The zero-order chi connectivity index (χ0) is 19.8. The summed E-state index contributed by atoms with van der Waals surface area (Å²) >= 11 is 0. The lowest BCUT2D eigenvalue weighted by molar-refractivity contribution is 0.0521. The molecule has 1 aromatic carbocycles. The van der Waals surface area contributed by atoms with Crippen molar-refractivity contribution in [3.8, 4) is 0 Å². The predicted molar refractivity (Wildman–Crippen MR) is 103 cm³/mol. The van der Waals surface area contributed by atoms with Crippen molar-refractivity contribution in [3.05, 3.63) is 42.0 Å². The van der Waals surface area contributed by atoms with Crippen molar-refractivity contribution >= 4 is 17.8 Å². The first-order valence-electron chi connectivity index (χ1n) is 8.64. The van der Waals surface area contributed by atoms with Gasteiger partial charge in [-0.3, -0.25) is 0 Å². The number of benzene rings is 1. The van der Waals surface area contributed by atoms with Gasteiger partial charge >= 0.3 is 12.2 Å². The average Bonchev–Trinajstić information content (AvgIpc) is 2.48. The molecule has 0 heterocycles. The molecule has 144 valence electrons. The Bertz CT molecular complexity index is 625. The van der Waals surface area contributed by atoms with Crippen molar-refractivity contribution < 1.29 is 19.1 Å². The van der Waals surface area contributed by atoms with Gasteiger partial charge in [0, 0.05) is 13.1 Å². The summed E-state index contributed by atoms with van der Waals surface area (Å²) in [5.41, 5.74) is 0.717. The molecule has 0 saturated heterocycles. The maximum Gasteiger partial charge on any atom is 0.407 e. The van der Waals surface area contributed by atoms with Gasteiger partial charge in [-0.25, -0.2) is 9.59 Å². The Morgan fingerprint density at radius 3 is 1.88 bits per heavy atom. The lowest BCUT2D eigenvalue weighted by Gasteiger charge is -2.20. The Kier molecular flexibility index (Phi) is 7.68. The summed E-state index contributed by atoms with van der Waals surface area (Å²) in [5, 5.41) is 5.42. The number of ether oxygens (including phenoxy) is 2. The van der Waals surface area contributed by atoms with Gasteiger partial charge < -0.3 is 20.1 Å². The van der Waals surface area contributed by atoms with Gasteiger partial charge in [0.25, 0.3) is 0 Å². The smallest absolute Gasteiger partial charge is 0.407 e. The van der Waals surface area contributed by atoms with E-state index in [1.54, 1.807) is 0 Å². The fraction of sp³-hybridized carbons (Fsp3) is 0.500. The molecule has 1 rings (SSSR count). The molecule has 0 saturated carbocycles. The van der Waals surface area contributed by atoms with Gasteiger partial charge in [0.15, 0.2) is 0 Å². The van der Waals surface area contributed by atoms with Crippen LogP contribution in [0, 0.1) is 0 Å². The van der Waals surface area contributed by atoms with Gasteiger partial charge in [-0.2, -0.15) is 0 Å². The number of alkyl carbamates (subject to hydrolysis) is 2. The fourth-order valence-electron chi connectivity index (χ4n) is 2.00. The molecule has 6 nitrogen and oxygen atoms in total. The van der Waals surface area contributed by atoms with E-state index in [-0.39, 0.29) is 13.1 Å². The van der Waals surface area contributed by atoms with Crippen LogP contribution in [0.25, 0.3) is 5.57 Å². The van der Waals surface area contributed by atoms with Crippen LogP contribution in [0.5, 0.6) is 0 Å². The van der Waals surface area contributed by atoms with E-state index in [0.717, 1.165) is 11.1 Å². The van der Waals surface area contributed by atoms with Crippen LogP contribution in [0.15, 0.2) is 36.4 Å². The normalized spacial score (nSPS) is 12.3. The van der Waals surface area contributed by atoms with Crippen LogP contribution in [0.3, 0.4) is 0 Å². The Morgan fingerprint density at radius 2 is 1.38 bits per heavy atom. The van der Waals surface area contributed by atoms with Crippen LogP contribution >= 0.6 is 0 Å². The van der Waals surface area contributed by atoms with Crippen molar-refractivity contribution in [2.45, 2.75) is 52.7 Å².